The van der Waals surface area contributed by atoms with E-state index in [0.29, 0.717) is 5.92 Å². The van der Waals surface area contributed by atoms with Crippen LogP contribution in [0.25, 0.3) is 0 Å². The van der Waals surface area contributed by atoms with E-state index in [1.807, 2.05) is 19.3 Å². The van der Waals surface area contributed by atoms with Crippen LogP contribution in [0.4, 0.5) is 11.6 Å². The van der Waals surface area contributed by atoms with Crippen LogP contribution < -0.4 is 9.80 Å². The lowest BCUT2D eigenvalue weighted by Crippen LogP contribution is -2.20. The van der Waals surface area contributed by atoms with Gasteiger partial charge in [-0.1, -0.05) is 13.8 Å². The van der Waals surface area contributed by atoms with Crippen LogP contribution in [-0.2, 0) is 19.5 Å². The Morgan fingerprint density at radius 2 is 2.04 bits per heavy atom. The van der Waals surface area contributed by atoms with Crippen molar-refractivity contribution in [2.24, 2.45) is 5.92 Å². The zero-order valence-corrected chi connectivity index (χ0v) is 14.3. The summed E-state index contributed by atoms with van der Waals surface area (Å²) in [6, 6.07) is 2.04. The lowest BCUT2D eigenvalue weighted by atomic mass is 10.1. The molecule has 0 atom stereocenters. The third-order valence-corrected chi connectivity index (χ3v) is 4.12. The lowest BCUT2D eigenvalue weighted by molar-refractivity contribution is 0.617. The molecule has 0 radical (unpaired) electrons. The molecule has 122 valence electrons. The fraction of sp³-hybridized carbons (Fsp3) is 0.529. The zero-order valence-electron chi connectivity index (χ0n) is 14.3. The van der Waals surface area contributed by atoms with Crippen LogP contribution in [-0.4, -0.2) is 33.5 Å². The molecule has 0 saturated heterocycles. The summed E-state index contributed by atoms with van der Waals surface area (Å²) in [4.78, 5) is 22.3. The van der Waals surface area contributed by atoms with Gasteiger partial charge in [0, 0.05) is 44.4 Å². The molecule has 23 heavy (non-hydrogen) atoms. The molecular formula is C17H24N6. The topological polar surface area (TPSA) is 58.0 Å². The molecule has 1 aliphatic heterocycles. The molecule has 0 spiro atoms. The fourth-order valence-corrected chi connectivity index (χ4v) is 2.70. The Labute approximate surface area is 137 Å². The van der Waals surface area contributed by atoms with Crippen LogP contribution in [0.3, 0.4) is 0 Å². The van der Waals surface area contributed by atoms with E-state index in [9.17, 15) is 0 Å². The van der Waals surface area contributed by atoms with Crippen molar-refractivity contribution < 1.29 is 0 Å². The van der Waals surface area contributed by atoms with Crippen molar-refractivity contribution >= 4 is 11.6 Å². The maximum atomic E-state index is 4.74. The van der Waals surface area contributed by atoms with Gasteiger partial charge in [0.15, 0.2) is 0 Å². The maximum absolute atomic E-state index is 4.74. The van der Waals surface area contributed by atoms with Crippen molar-refractivity contribution in [1.82, 2.24) is 19.9 Å². The molecule has 0 saturated carbocycles. The molecule has 0 amide bonds. The molecule has 1 aliphatic rings. The predicted octanol–water partition coefficient (Wildman–Crippen LogP) is 2.44. The van der Waals surface area contributed by atoms with Crippen molar-refractivity contribution in [3.63, 3.8) is 0 Å². The molecule has 0 aromatic carbocycles. The summed E-state index contributed by atoms with van der Waals surface area (Å²) in [5.74, 6) is 3.40. The highest BCUT2D eigenvalue weighted by Crippen LogP contribution is 2.27. The number of hydrogen-bond donors (Lipinski definition) is 0. The standard InChI is InChI=1S/C17H24N6/c1-5-22(4)16-7-17(20-11-19-16)23-9-13-8-18-15(6-12(2)3)21-14(13)10-23/h7-8,11-12H,5-6,9-10H2,1-4H3. The zero-order chi connectivity index (χ0) is 16.4. The molecule has 0 unspecified atom stereocenters. The van der Waals surface area contributed by atoms with E-state index < -0.39 is 0 Å². The molecule has 6 nitrogen and oxygen atoms in total. The summed E-state index contributed by atoms with van der Waals surface area (Å²) >= 11 is 0. The van der Waals surface area contributed by atoms with Crippen molar-refractivity contribution in [3.05, 3.63) is 35.7 Å². The summed E-state index contributed by atoms with van der Waals surface area (Å²) < 4.78 is 0. The molecule has 2 aromatic rings. The SMILES string of the molecule is CCN(C)c1cc(N2Cc3cnc(CC(C)C)nc3C2)ncn1. The van der Waals surface area contributed by atoms with Crippen LogP contribution in [0.5, 0.6) is 0 Å². The maximum Gasteiger partial charge on any atom is 0.134 e. The van der Waals surface area contributed by atoms with Crippen molar-refractivity contribution in [3.8, 4) is 0 Å². The minimum Gasteiger partial charge on any atom is -0.360 e. The van der Waals surface area contributed by atoms with Crippen molar-refractivity contribution in [2.75, 3.05) is 23.4 Å². The van der Waals surface area contributed by atoms with E-state index >= 15 is 0 Å². The van der Waals surface area contributed by atoms with Gasteiger partial charge < -0.3 is 9.80 Å². The Hall–Kier alpha value is -2.24. The van der Waals surface area contributed by atoms with E-state index in [2.05, 4.69) is 45.5 Å². The fourth-order valence-electron chi connectivity index (χ4n) is 2.70. The van der Waals surface area contributed by atoms with Crippen LogP contribution >= 0.6 is 0 Å². The smallest absolute Gasteiger partial charge is 0.134 e. The van der Waals surface area contributed by atoms with Gasteiger partial charge in [-0.15, -0.1) is 0 Å². The minimum absolute atomic E-state index is 0.569. The van der Waals surface area contributed by atoms with Gasteiger partial charge in [0.1, 0.15) is 23.8 Å². The van der Waals surface area contributed by atoms with E-state index in [4.69, 9.17) is 4.98 Å². The highest BCUT2D eigenvalue weighted by atomic mass is 15.2. The van der Waals surface area contributed by atoms with Gasteiger partial charge in [0.05, 0.1) is 12.2 Å². The Bertz CT molecular complexity index is 685. The normalized spacial score (nSPS) is 13.5. The molecule has 6 heteroatoms. The largest absolute Gasteiger partial charge is 0.360 e. The summed E-state index contributed by atoms with van der Waals surface area (Å²) in [5.41, 5.74) is 2.32. The first-order valence-corrected chi connectivity index (χ1v) is 8.18. The Morgan fingerprint density at radius 3 is 2.78 bits per heavy atom. The predicted molar refractivity (Wildman–Crippen MR) is 91.4 cm³/mol. The number of rotatable bonds is 5. The molecular weight excluding hydrogens is 288 g/mol. The number of hydrogen-bond acceptors (Lipinski definition) is 6. The highest BCUT2D eigenvalue weighted by Gasteiger charge is 2.23. The Kier molecular flexibility index (Phi) is 4.41. The summed E-state index contributed by atoms with van der Waals surface area (Å²) in [5, 5.41) is 0. The van der Waals surface area contributed by atoms with Gasteiger partial charge in [0.2, 0.25) is 0 Å². The summed E-state index contributed by atoms with van der Waals surface area (Å²) in [6.45, 7) is 9.00. The Balaban J connectivity index is 1.79. The molecule has 2 aromatic heterocycles. The van der Waals surface area contributed by atoms with Gasteiger partial charge in [-0.3, -0.25) is 0 Å². The molecule has 0 aliphatic carbocycles. The average molecular weight is 312 g/mol. The number of fused-ring (bicyclic) bond motifs is 1. The van der Waals surface area contributed by atoms with E-state index in [-0.39, 0.29) is 0 Å². The van der Waals surface area contributed by atoms with E-state index in [0.717, 1.165) is 49.2 Å². The molecule has 3 heterocycles. The minimum atomic E-state index is 0.569. The number of anilines is 2. The van der Waals surface area contributed by atoms with E-state index in [1.165, 1.54) is 5.56 Å². The lowest BCUT2D eigenvalue weighted by Gasteiger charge is -2.20. The third kappa shape index (κ3) is 3.41. The summed E-state index contributed by atoms with van der Waals surface area (Å²) in [7, 11) is 2.04. The van der Waals surface area contributed by atoms with Crippen LogP contribution in [0, 0.1) is 5.92 Å². The second-order valence-electron chi connectivity index (χ2n) is 6.46. The Morgan fingerprint density at radius 1 is 1.22 bits per heavy atom. The van der Waals surface area contributed by atoms with Gasteiger partial charge in [0.25, 0.3) is 0 Å². The molecule has 0 bridgehead atoms. The first kappa shape index (κ1) is 15.6. The number of aromatic nitrogens is 4. The average Bonchev–Trinajstić information content (AvgIpc) is 2.97. The van der Waals surface area contributed by atoms with Gasteiger partial charge >= 0.3 is 0 Å². The highest BCUT2D eigenvalue weighted by molar-refractivity contribution is 5.52. The molecule has 0 N–H and O–H groups in total. The second kappa shape index (κ2) is 6.48. The number of nitrogens with zero attached hydrogens (tertiary/aromatic N) is 6. The van der Waals surface area contributed by atoms with Gasteiger partial charge in [-0.2, -0.15) is 0 Å². The van der Waals surface area contributed by atoms with Crippen LogP contribution in [0.1, 0.15) is 37.9 Å². The van der Waals surface area contributed by atoms with Gasteiger partial charge in [-0.05, 0) is 12.8 Å². The van der Waals surface area contributed by atoms with E-state index in [1.54, 1.807) is 6.33 Å². The first-order valence-electron chi connectivity index (χ1n) is 8.18. The van der Waals surface area contributed by atoms with Crippen LogP contribution in [0.2, 0.25) is 0 Å². The third-order valence-electron chi connectivity index (χ3n) is 4.12. The van der Waals surface area contributed by atoms with Crippen molar-refractivity contribution in [2.45, 2.75) is 40.3 Å². The second-order valence-corrected chi connectivity index (χ2v) is 6.46. The molecule has 0 fully saturated rings. The summed E-state index contributed by atoms with van der Waals surface area (Å²) in [6.07, 6.45) is 4.53. The quantitative estimate of drug-likeness (QED) is 0.845. The molecule has 3 rings (SSSR count). The van der Waals surface area contributed by atoms with Crippen molar-refractivity contribution in [1.29, 1.82) is 0 Å². The van der Waals surface area contributed by atoms with Crippen LogP contribution in [0.15, 0.2) is 18.6 Å². The first-order chi connectivity index (χ1) is 11.1. The van der Waals surface area contributed by atoms with Gasteiger partial charge in [-0.25, -0.2) is 19.9 Å². The monoisotopic (exact) mass is 312 g/mol.